The standard InChI is InChI=1S/C8H3F2NO2S/c9-3-1-4(10)6-7(14-2-11-6)5(3)8(12)13/h1-2H,(H,12,13). The van der Waals surface area contributed by atoms with E-state index in [2.05, 4.69) is 4.98 Å². The molecule has 0 saturated carbocycles. The zero-order valence-electron chi connectivity index (χ0n) is 6.62. The molecule has 6 heteroatoms. The number of rotatable bonds is 1. The second-order valence-electron chi connectivity index (χ2n) is 2.55. The van der Waals surface area contributed by atoms with E-state index < -0.39 is 23.2 Å². The molecule has 0 bridgehead atoms. The van der Waals surface area contributed by atoms with Gasteiger partial charge >= 0.3 is 5.97 Å². The average molecular weight is 215 g/mol. The number of carboxylic acids is 1. The van der Waals surface area contributed by atoms with Crippen LogP contribution in [-0.4, -0.2) is 16.1 Å². The molecule has 0 aliphatic rings. The maximum atomic E-state index is 13.1. The Bertz CT molecular complexity index is 523. The van der Waals surface area contributed by atoms with Crippen molar-refractivity contribution in [3.63, 3.8) is 0 Å². The van der Waals surface area contributed by atoms with Gasteiger partial charge in [-0.25, -0.2) is 18.6 Å². The van der Waals surface area contributed by atoms with Crippen LogP contribution in [0.1, 0.15) is 10.4 Å². The molecule has 0 aliphatic carbocycles. The van der Waals surface area contributed by atoms with Crippen LogP contribution in [0.4, 0.5) is 8.78 Å². The molecule has 0 radical (unpaired) electrons. The molecule has 0 amide bonds. The molecule has 72 valence electrons. The van der Waals surface area contributed by atoms with Gasteiger partial charge in [-0.2, -0.15) is 0 Å². The van der Waals surface area contributed by atoms with E-state index in [1.54, 1.807) is 0 Å². The lowest BCUT2D eigenvalue weighted by Crippen LogP contribution is -2.01. The van der Waals surface area contributed by atoms with Crippen LogP contribution in [0.2, 0.25) is 0 Å². The first kappa shape index (κ1) is 9.01. The lowest BCUT2D eigenvalue weighted by molar-refractivity contribution is 0.0694. The van der Waals surface area contributed by atoms with Crippen LogP contribution in [0.3, 0.4) is 0 Å². The topological polar surface area (TPSA) is 50.2 Å². The lowest BCUT2D eigenvalue weighted by atomic mass is 10.2. The van der Waals surface area contributed by atoms with Crippen LogP contribution >= 0.6 is 11.3 Å². The fourth-order valence-corrected chi connectivity index (χ4v) is 1.98. The van der Waals surface area contributed by atoms with Gasteiger partial charge in [-0.05, 0) is 0 Å². The molecule has 1 aromatic carbocycles. The van der Waals surface area contributed by atoms with Crippen LogP contribution < -0.4 is 0 Å². The fourth-order valence-electron chi connectivity index (χ4n) is 1.15. The van der Waals surface area contributed by atoms with Gasteiger partial charge in [0.05, 0.1) is 10.2 Å². The molecule has 1 N–H and O–H groups in total. The smallest absolute Gasteiger partial charge is 0.340 e. The fraction of sp³-hybridized carbons (Fsp3) is 0. The molecular formula is C8H3F2NO2S. The normalized spacial score (nSPS) is 10.7. The van der Waals surface area contributed by atoms with Gasteiger partial charge in [0, 0.05) is 6.07 Å². The van der Waals surface area contributed by atoms with E-state index in [0.29, 0.717) is 6.07 Å². The van der Waals surface area contributed by atoms with Crippen molar-refractivity contribution in [2.24, 2.45) is 0 Å². The minimum absolute atomic E-state index is 0.0231. The molecule has 0 spiro atoms. The average Bonchev–Trinajstić information content (AvgIpc) is 2.51. The van der Waals surface area contributed by atoms with Crippen molar-refractivity contribution < 1.29 is 18.7 Å². The summed E-state index contributed by atoms with van der Waals surface area (Å²) in [6, 6.07) is 0.533. The highest BCUT2D eigenvalue weighted by Crippen LogP contribution is 2.27. The SMILES string of the molecule is O=C(O)c1c(F)cc(F)c2ncsc12. The second-order valence-corrected chi connectivity index (χ2v) is 3.41. The number of benzene rings is 1. The summed E-state index contributed by atoms with van der Waals surface area (Å²) in [7, 11) is 0. The van der Waals surface area contributed by atoms with Gasteiger partial charge in [0.25, 0.3) is 0 Å². The first-order chi connectivity index (χ1) is 6.61. The summed E-state index contributed by atoms with van der Waals surface area (Å²) >= 11 is 0.899. The highest BCUT2D eigenvalue weighted by atomic mass is 32.1. The van der Waals surface area contributed by atoms with E-state index in [0.717, 1.165) is 11.3 Å². The maximum absolute atomic E-state index is 13.1. The predicted octanol–water partition coefficient (Wildman–Crippen LogP) is 2.27. The van der Waals surface area contributed by atoms with E-state index in [-0.39, 0.29) is 10.2 Å². The third kappa shape index (κ3) is 1.15. The van der Waals surface area contributed by atoms with Crippen molar-refractivity contribution >= 4 is 27.5 Å². The Kier molecular flexibility index (Phi) is 1.92. The Hall–Kier alpha value is -1.56. The molecule has 2 aromatic rings. The van der Waals surface area contributed by atoms with Crippen molar-refractivity contribution in [2.45, 2.75) is 0 Å². The van der Waals surface area contributed by atoms with Gasteiger partial charge in [-0.15, -0.1) is 11.3 Å². The first-order valence-electron chi connectivity index (χ1n) is 3.55. The molecule has 0 unspecified atom stereocenters. The number of aromatic nitrogens is 1. The van der Waals surface area contributed by atoms with Crippen LogP contribution in [0, 0.1) is 11.6 Å². The largest absolute Gasteiger partial charge is 0.478 e. The number of thiazole rings is 1. The number of hydrogen-bond donors (Lipinski definition) is 1. The van der Waals surface area contributed by atoms with Crippen LogP contribution in [0.5, 0.6) is 0 Å². The molecule has 0 fully saturated rings. The molecule has 1 aromatic heterocycles. The maximum Gasteiger partial charge on any atom is 0.340 e. The molecule has 14 heavy (non-hydrogen) atoms. The first-order valence-corrected chi connectivity index (χ1v) is 4.43. The number of aromatic carboxylic acids is 1. The van der Waals surface area contributed by atoms with E-state index in [9.17, 15) is 13.6 Å². The molecule has 0 aliphatic heterocycles. The number of carbonyl (C=O) groups is 1. The number of halogens is 2. The monoisotopic (exact) mass is 215 g/mol. The Morgan fingerprint density at radius 1 is 1.43 bits per heavy atom. The summed E-state index contributed by atoms with van der Waals surface area (Å²) in [4.78, 5) is 14.3. The molecule has 1 heterocycles. The van der Waals surface area contributed by atoms with Crippen LogP contribution in [0.15, 0.2) is 11.6 Å². The summed E-state index contributed by atoms with van der Waals surface area (Å²) in [5.74, 6) is -3.34. The lowest BCUT2D eigenvalue weighted by Gasteiger charge is -1.98. The second kappa shape index (κ2) is 2.98. The predicted molar refractivity (Wildman–Crippen MR) is 46.5 cm³/mol. The number of carboxylic acid groups (broad SMARTS) is 1. The highest BCUT2D eigenvalue weighted by Gasteiger charge is 2.19. The quantitative estimate of drug-likeness (QED) is 0.793. The van der Waals surface area contributed by atoms with Gasteiger partial charge in [-0.3, -0.25) is 0 Å². The van der Waals surface area contributed by atoms with E-state index in [4.69, 9.17) is 5.11 Å². The van der Waals surface area contributed by atoms with Gasteiger partial charge in [-0.1, -0.05) is 0 Å². The van der Waals surface area contributed by atoms with Crippen molar-refractivity contribution in [1.82, 2.24) is 4.98 Å². The molecule has 2 rings (SSSR count). The van der Waals surface area contributed by atoms with Crippen molar-refractivity contribution in [3.8, 4) is 0 Å². The molecular weight excluding hydrogens is 212 g/mol. The minimum atomic E-state index is -1.42. The van der Waals surface area contributed by atoms with Gasteiger partial charge in [0.2, 0.25) is 0 Å². The summed E-state index contributed by atoms with van der Waals surface area (Å²) in [6.07, 6.45) is 0. The van der Waals surface area contributed by atoms with Gasteiger partial charge in [0.1, 0.15) is 16.9 Å². The van der Waals surface area contributed by atoms with E-state index >= 15 is 0 Å². The van der Waals surface area contributed by atoms with Gasteiger partial charge in [0.15, 0.2) is 5.82 Å². The summed E-state index contributed by atoms with van der Waals surface area (Å²) < 4.78 is 26.1. The highest BCUT2D eigenvalue weighted by molar-refractivity contribution is 7.17. The zero-order valence-corrected chi connectivity index (χ0v) is 7.44. The molecule has 0 atom stereocenters. The van der Waals surface area contributed by atoms with Crippen LogP contribution in [0.25, 0.3) is 10.2 Å². The summed E-state index contributed by atoms with van der Waals surface area (Å²) in [6.45, 7) is 0. The van der Waals surface area contributed by atoms with Gasteiger partial charge < -0.3 is 5.11 Å². The zero-order chi connectivity index (χ0) is 10.3. The summed E-state index contributed by atoms with van der Waals surface area (Å²) in [5, 5.41) is 8.69. The van der Waals surface area contributed by atoms with Crippen molar-refractivity contribution in [3.05, 3.63) is 28.8 Å². The Balaban J connectivity index is 2.93. The molecule has 0 saturated heterocycles. The number of fused-ring (bicyclic) bond motifs is 1. The minimum Gasteiger partial charge on any atom is -0.478 e. The number of hydrogen-bond acceptors (Lipinski definition) is 3. The molecule has 3 nitrogen and oxygen atoms in total. The third-order valence-electron chi connectivity index (χ3n) is 1.73. The van der Waals surface area contributed by atoms with Crippen molar-refractivity contribution in [1.29, 1.82) is 0 Å². The van der Waals surface area contributed by atoms with Crippen molar-refractivity contribution in [2.75, 3.05) is 0 Å². The van der Waals surface area contributed by atoms with Crippen LogP contribution in [-0.2, 0) is 0 Å². The van der Waals surface area contributed by atoms with E-state index in [1.165, 1.54) is 5.51 Å². The van der Waals surface area contributed by atoms with E-state index in [1.807, 2.05) is 0 Å². The Morgan fingerprint density at radius 3 is 2.79 bits per heavy atom. The number of nitrogens with zero attached hydrogens (tertiary/aromatic N) is 1. The summed E-state index contributed by atoms with van der Waals surface area (Å²) in [5.41, 5.74) is 0.650. The Labute approximate surface area is 80.6 Å². The third-order valence-corrected chi connectivity index (χ3v) is 2.57. The Morgan fingerprint density at radius 2 is 2.14 bits per heavy atom.